The Bertz CT molecular complexity index is 416. The number of methoxy groups -OCH3 is 2. The van der Waals surface area contributed by atoms with Crippen molar-refractivity contribution in [3.63, 3.8) is 0 Å². The molecule has 0 spiro atoms. The zero-order chi connectivity index (χ0) is 14.4. The van der Waals surface area contributed by atoms with Crippen molar-refractivity contribution < 1.29 is 14.6 Å². The zero-order valence-corrected chi connectivity index (χ0v) is 12.4. The first-order valence-corrected chi connectivity index (χ1v) is 7.35. The molecule has 1 aliphatic rings. The number of rotatable bonds is 7. The Balaban J connectivity index is 1.87. The average Bonchev–Trinajstić information content (AvgIpc) is 3.01. The van der Waals surface area contributed by atoms with Crippen LogP contribution in [0.3, 0.4) is 0 Å². The van der Waals surface area contributed by atoms with Gasteiger partial charge in [0.2, 0.25) is 0 Å². The van der Waals surface area contributed by atoms with Gasteiger partial charge in [-0.05, 0) is 24.8 Å². The van der Waals surface area contributed by atoms with Crippen molar-refractivity contribution in [1.82, 2.24) is 5.32 Å². The summed E-state index contributed by atoms with van der Waals surface area (Å²) in [5.41, 5.74) is 1.05. The van der Waals surface area contributed by atoms with Crippen molar-refractivity contribution in [2.75, 3.05) is 20.8 Å². The van der Waals surface area contributed by atoms with Crippen LogP contribution < -0.4 is 14.8 Å². The second kappa shape index (κ2) is 7.50. The quantitative estimate of drug-likeness (QED) is 0.804. The predicted octanol–water partition coefficient (Wildman–Crippen LogP) is 2.34. The number of aliphatic hydroxyl groups excluding tert-OH is 1. The molecule has 1 aromatic carbocycles. The van der Waals surface area contributed by atoms with E-state index in [9.17, 15) is 5.11 Å². The lowest BCUT2D eigenvalue weighted by Gasteiger charge is -2.19. The Labute approximate surface area is 121 Å². The van der Waals surface area contributed by atoms with E-state index in [1.807, 2.05) is 18.2 Å². The van der Waals surface area contributed by atoms with Crippen molar-refractivity contribution in [2.45, 2.75) is 38.3 Å². The summed E-state index contributed by atoms with van der Waals surface area (Å²) in [5.74, 6) is 1.97. The van der Waals surface area contributed by atoms with Crippen molar-refractivity contribution in [1.29, 1.82) is 0 Å². The van der Waals surface area contributed by atoms with E-state index in [1.165, 1.54) is 12.8 Å². The highest BCUT2D eigenvalue weighted by Gasteiger charge is 2.22. The molecule has 0 aliphatic heterocycles. The molecule has 112 valence electrons. The normalized spacial score (nSPS) is 17.1. The van der Waals surface area contributed by atoms with E-state index < -0.39 is 0 Å². The highest BCUT2D eigenvalue weighted by atomic mass is 16.5. The van der Waals surface area contributed by atoms with Crippen LogP contribution in [0.1, 0.15) is 31.2 Å². The van der Waals surface area contributed by atoms with Gasteiger partial charge in [0.05, 0.1) is 20.3 Å². The van der Waals surface area contributed by atoms with Crippen LogP contribution in [-0.4, -0.2) is 32.0 Å². The number of benzene rings is 1. The fourth-order valence-electron chi connectivity index (χ4n) is 2.96. The summed E-state index contributed by atoms with van der Waals surface area (Å²) in [6.45, 7) is 1.30. The van der Waals surface area contributed by atoms with Gasteiger partial charge in [-0.1, -0.05) is 25.0 Å². The van der Waals surface area contributed by atoms with Gasteiger partial charge in [-0.25, -0.2) is 0 Å². The minimum absolute atomic E-state index is 0.242. The van der Waals surface area contributed by atoms with Gasteiger partial charge in [0.25, 0.3) is 0 Å². The molecule has 0 bridgehead atoms. The Kier molecular flexibility index (Phi) is 5.68. The van der Waals surface area contributed by atoms with Gasteiger partial charge in [-0.15, -0.1) is 0 Å². The minimum Gasteiger partial charge on any atom is -0.493 e. The van der Waals surface area contributed by atoms with Crippen LogP contribution in [-0.2, 0) is 6.54 Å². The summed E-state index contributed by atoms with van der Waals surface area (Å²) in [6.07, 6.45) is 4.59. The topological polar surface area (TPSA) is 50.7 Å². The lowest BCUT2D eigenvalue weighted by molar-refractivity contribution is 0.109. The van der Waals surface area contributed by atoms with Gasteiger partial charge in [0.15, 0.2) is 11.5 Å². The van der Waals surface area contributed by atoms with E-state index in [1.54, 1.807) is 14.2 Å². The van der Waals surface area contributed by atoms with Crippen molar-refractivity contribution >= 4 is 0 Å². The lowest BCUT2D eigenvalue weighted by Crippen LogP contribution is -2.31. The summed E-state index contributed by atoms with van der Waals surface area (Å²) < 4.78 is 10.7. The second-order valence-corrected chi connectivity index (χ2v) is 5.40. The lowest BCUT2D eigenvalue weighted by atomic mass is 10.0. The highest BCUT2D eigenvalue weighted by Crippen LogP contribution is 2.31. The molecule has 2 N–H and O–H groups in total. The van der Waals surface area contributed by atoms with Crippen LogP contribution in [0.5, 0.6) is 11.5 Å². The summed E-state index contributed by atoms with van der Waals surface area (Å²) >= 11 is 0. The molecule has 0 saturated heterocycles. The fraction of sp³-hybridized carbons (Fsp3) is 0.625. The number of nitrogens with one attached hydrogen (secondary N) is 1. The number of ether oxygens (including phenoxy) is 2. The maximum absolute atomic E-state index is 10.1. The molecule has 0 amide bonds. The second-order valence-electron chi connectivity index (χ2n) is 5.40. The Hall–Kier alpha value is -1.26. The molecule has 4 nitrogen and oxygen atoms in total. The summed E-state index contributed by atoms with van der Waals surface area (Å²) in [7, 11) is 3.29. The van der Waals surface area contributed by atoms with Gasteiger partial charge < -0.3 is 19.9 Å². The largest absolute Gasteiger partial charge is 0.493 e. The van der Waals surface area contributed by atoms with Crippen LogP contribution in [0.2, 0.25) is 0 Å². The minimum atomic E-state index is -0.242. The van der Waals surface area contributed by atoms with Gasteiger partial charge in [-0.2, -0.15) is 0 Å². The molecular formula is C16H25NO3. The van der Waals surface area contributed by atoms with Crippen LogP contribution >= 0.6 is 0 Å². The molecule has 1 fully saturated rings. The molecule has 1 unspecified atom stereocenters. The van der Waals surface area contributed by atoms with Crippen molar-refractivity contribution in [3.8, 4) is 11.5 Å². The van der Waals surface area contributed by atoms with Crippen molar-refractivity contribution in [2.24, 2.45) is 5.92 Å². The molecule has 1 saturated carbocycles. The number of hydrogen-bond donors (Lipinski definition) is 2. The summed E-state index contributed by atoms with van der Waals surface area (Å²) in [5, 5.41) is 13.5. The van der Waals surface area contributed by atoms with Crippen molar-refractivity contribution in [3.05, 3.63) is 23.8 Å². The third-order valence-electron chi connectivity index (χ3n) is 4.10. The average molecular weight is 279 g/mol. The first kappa shape index (κ1) is 15.1. The maximum atomic E-state index is 10.1. The first-order valence-electron chi connectivity index (χ1n) is 7.35. The van der Waals surface area contributed by atoms with E-state index in [2.05, 4.69) is 5.32 Å². The van der Waals surface area contributed by atoms with Gasteiger partial charge in [-0.3, -0.25) is 0 Å². The molecule has 0 radical (unpaired) electrons. The molecule has 4 heteroatoms. The van der Waals surface area contributed by atoms with Crippen LogP contribution in [0, 0.1) is 5.92 Å². The predicted molar refractivity (Wildman–Crippen MR) is 79.2 cm³/mol. The fourth-order valence-corrected chi connectivity index (χ4v) is 2.96. The standard InChI is InChI=1S/C16H25NO3/c1-19-15-9-5-8-13(16(15)20-2)10-17-11-14(18)12-6-3-4-7-12/h5,8-9,12,14,17-18H,3-4,6-7,10-11H2,1-2H3. The molecule has 20 heavy (non-hydrogen) atoms. The Morgan fingerprint density at radius 1 is 1.25 bits per heavy atom. The number of para-hydroxylation sites is 1. The van der Waals surface area contributed by atoms with E-state index in [0.29, 0.717) is 19.0 Å². The van der Waals surface area contributed by atoms with Gasteiger partial charge in [0, 0.05) is 18.7 Å². The smallest absolute Gasteiger partial charge is 0.165 e. The Morgan fingerprint density at radius 3 is 2.65 bits per heavy atom. The summed E-state index contributed by atoms with van der Waals surface area (Å²) in [6, 6.07) is 5.85. The monoisotopic (exact) mass is 279 g/mol. The van der Waals surface area contributed by atoms with Gasteiger partial charge >= 0.3 is 0 Å². The number of hydrogen-bond acceptors (Lipinski definition) is 4. The molecule has 1 aromatic rings. The van der Waals surface area contributed by atoms with E-state index >= 15 is 0 Å². The van der Waals surface area contributed by atoms with Crippen LogP contribution in [0.15, 0.2) is 18.2 Å². The van der Waals surface area contributed by atoms with Gasteiger partial charge in [0.1, 0.15) is 0 Å². The maximum Gasteiger partial charge on any atom is 0.165 e. The molecular weight excluding hydrogens is 254 g/mol. The molecule has 0 aromatic heterocycles. The van der Waals surface area contributed by atoms with E-state index in [4.69, 9.17) is 9.47 Å². The zero-order valence-electron chi connectivity index (χ0n) is 12.4. The van der Waals surface area contributed by atoms with Crippen LogP contribution in [0.25, 0.3) is 0 Å². The third kappa shape index (κ3) is 3.64. The molecule has 2 rings (SSSR count). The highest BCUT2D eigenvalue weighted by molar-refractivity contribution is 5.46. The van der Waals surface area contributed by atoms with Crippen LogP contribution in [0.4, 0.5) is 0 Å². The third-order valence-corrected chi connectivity index (χ3v) is 4.10. The molecule has 1 aliphatic carbocycles. The molecule has 0 heterocycles. The first-order chi connectivity index (χ1) is 9.76. The van der Waals surface area contributed by atoms with E-state index in [-0.39, 0.29) is 6.10 Å². The Morgan fingerprint density at radius 2 is 2.00 bits per heavy atom. The number of aliphatic hydroxyl groups is 1. The van der Waals surface area contributed by atoms with E-state index in [0.717, 1.165) is 29.9 Å². The SMILES string of the molecule is COc1cccc(CNCC(O)C2CCCC2)c1OC. The molecule has 1 atom stereocenters. The summed E-state index contributed by atoms with van der Waals surface area (Å²) in [4.78, 5) is 0.